The van der Waals surface area contributed by atoms with Gasteiger partial charge in [0.1, 0.15) is 17.5 Å². The molecule has 156 valence electrons. The van der Waals surface area contributed by atoms with E-state index in [1.165, 1.54) is 10.9 Å². The van der Waals surface area contributed by atoms with Crippen LogP contribution in [0.2, 0.25) is 0 Å². The summed E-state index contributed by atoms with van der Waals surface area (Å²) in [5.74, 6) is 0.446. The van der Waals surface area contributed by atoms with E-state index in [1.807, 2.05) is 47.9 Å². The van der Waals surface area contributed by atoms with E-state index < -0.39 is 0 Å². The van der Waals surface area contributed by atoms with E-state index in [4.69, 9.17) is 5.53 Å². The Hall–Kier alpha value is -4.56. The Morgan fingerprint density at radius 1 is 0.969 bits per heavy atom. The van der Waals surface area contributed by atoms with Gasteiger partial charge in [0, 0.05) is 10.6 Å². The summed E-state index contributed by atoms with van der Waals surface area (Å²) in [6.07, 6.45) is 3.10. The average Bonchev–Trinajstić information content (AvgIpc) is 3.26. The summed E-state index contributed by atoms with van der Waals surface area (Å²) in [5.41, 5.74) is 13.3. The zero-order chi connectivity index (χ0) is 22.1. The van der Waals surface area contributed by atoms with Crippen LogP contribution >= 0.6 is 0 Å². The minimum absolute atomic E-state index is 0.367. The highest BCUT2D eigenvalue weighted by molar-refractivity contribution is 5.85. The molecule has 2 aromatic carbocycles. The number of benzene rings is 2. The van der Waals surface area contributed by atoms with Gasteiger partial charge in [-0.3, -0.25) is 4.57 Å². The number of hydrogen-bond acceptors (Lipinski definition) is 6. The lowest BCUT2D eigenvalue weighted by Gasteiger charge is -2.04. The predicted octanol–water partition coefficient (Wildman–Crippen LogP) is 3.83. The first-order chi connectivity index (χ1) is 15.6. The maximum Gasteiger partial charge on any atom is 0.350 e. The maximum absolute atomic E-state index is 12.7. The van der Waals surface area contributed by atoms with E-state index in [0.29, 0.717) is 41.5 Å². The van der Waals surface area contributed by atoms with E-state index in [9.17, 15) is 4.79 Å². The number of rotatable bonds is 5. The van der Waals surface area contributed by atoms with Crippen LogP contribution in [0, 0.1) is 6.92 Å². The first-order valence-corrected chi connectivity index (χ1v) is 9.88. The lowest BCUT2D eigenvalue weighted by Crippen LogP contribution is -2.17. The van der Waals surface area contributed by atoms with Gasteiger partial charge in [-0.05, 0) is 23.6 Å². The quantitative estimate of drug-likeness (QED) is 0.241. The topological polar surface area (TPSA) is 127 Å². The molecule has 0 radical (unpaired) electrons. The van der Waals surface area contributed by atoms with Crippen LogP contribution in [-0.2, 0) is 13.1 Å². The van der Waals surface area contributed by atoms with E-state index in [2.05, 4.69) is 30.0 Å². The highest BCUT2D eigenvalue weighted by atomic mass is 16.1. The fourth-order valence-corrected chi connectivity index (χ4v) is 3.58. The molecule has 2 aliphatic heterocycles. The van der Waals surface area contributed by atoms with Crippen LogP contribution in [0.5, 0.6) is 0 Å². The lowest BCUT2D eigenvalue weighted by atomic mass is 10.1. The van der Waals surface area contributed by atoms with Gasteiger partial charge in [0.15, 0.2) is 11.5 Å². The third kappa shape index (κ3) is 3.55. The summed E-state index contributed by atoms with van der Waals surface area (Å²) >= 11 is 0. The van der Waals surface area contributed by atoms with E-state index in [0.717, 1.165) is 16.7 Å². The van der Waals surface area contributed by atoms with E-state index in [-0.39, 0.29) is 5.69 Å². The first kappa shape index (κ1) is 19.4. The molecule has 5 rings (SSSR count). The SMILES string of the molecule is Cc1ccc(Cn2c3ncnc4c(ncn4Cc4ccc(N=[N+]=[N-])cc4)c-3nc2=O)cc1. The molecule has 0 N–H and O–H groups in total. The van der Waals surface area contributed by atoms with Crippen LogP contribution in [0.3, 0.4) is 0 Å². The molecule has 1 aromatic heterocycles. The third-order valence-corrected chi connectivity index (χ3v) is 5.21. The standard InChI is InChI=1S/C22H17N9O/c1-14-2-4-16(5-3-14)11-31-21-19(27-22(31)32)18-20(24-12-25-21)30(13-26-18)10-15-6-8-17(9-7-15)28-29-23/h2-9,12-13H,10-11H2,1H3. The highest BCUT2D eigenvalue weighted by Crippen LogP contribution is 2.24. The van der Waals surface area contributed by atoms with Gasteiger partial charge in [-0.15, -0.1) is 0 Å². The normalized spacial score (nSPS) is 11.0. The van der Waals surface area contributed by atoms with Crippen LogP contribution in [-0.4, -0.2) is 29.1 Å². The number of hydrogen-bond donors (Lipinski definition) is 0. The predicted molar refractivity (Wildman–Crippen MR) is 119 cm³/mol. The molecule has 0 saturated heterocycles. The van der Waals surface area contributed by atoms with Gasteiger partial charge >= 0.3 is 5.69 Å². The van der Waals surface area contributed by atoms with Gasteiger partial charge in [0.25, 0.3) is 0 Å². The molecule has 3 aromatic rings. The summed E-state index contributed by atoms with van der Waals surface area (Å²) < 4.78 is 3.40. The van der Waals surface area contributed by atoms with Crippen LogP contribution in [0.4, 0.5) is 5.69 Å². The van der Waals surface area contributed by atoms with Crippen LogP contribution in [0.1, 0.15) is 16.7 Å². The third-order valence-electron chi connectivity index (χ3n) is 5.21. The molecule has 0 spiro atoms. The number of aromatic nitrogens is 6. The van der Waals surface area contributed by atoms with Crippen molar-refractivity contribution in [3.63, 3.8) is 0 Å². The maximum atomic E-state index is 12.7. The molecule has 2 aliphatic rings. The van der Waals surface area contributed by atoms with Crippen molar-refractivity contribution in [3.8, 4) is 11.5 Å². The summed E-state index contributed by atoms with van der Waals surface area (Å²) in [5, 5.41) is 3.58. The Labute approximate surface area is 181 Å². The van der Waals surface area contributed by atoms with Gasteiger partial charge in [0.05, 0.1) is 19.4 Å². The molecule has 0 amide bonds. The number of azide groups is 1. The van der Waals surface area contributed by atoms with Crippen molar-refractivity contribution in [2.75, 3.05) is 0 Å². The molecule has 0 saturated carbocycles. The van der Waals surface area contributed by atoms with Gasteiger partial charge < -0.3 is 4.57 Å². The number of aryl methyl sites for hydroxylation is 1. The molecular weight excluding hydrogens is 406 g/mol. The average molecular weight is 423 g/mol. The first-order valence-electron chi connectivity index (χ1n) is 9.88. The van der Waals surface area contributed by atoms with E-state index in [1.54, 1.807) is 18.5 Å². The summed E-state index contributed by atoms with van der Waals surface area (Å²) in [4.78, 5) is 33.0. The second-order valence-electron chi connectivity index (χ2n) is 7.41. The Bertz CT molecular complexity index is 1490. The molecule has 0 atom stereocenters. The minimum Gasteiger partial charge on any atom is -0.311 e. The van der Waals surface area contributed by atoms with Crippen molar-refractivity contribution in [3.05, 3.63) is 98.8 Å². The largest absolute Gasteiger partial charge is 0.350 e. The number of nitrogens with zero attached hydrogens (tertiary/aromatic N) is 9. The van der Waals surface area contributed by atoms with Crippen molar-refractivity contribution in [2.24, 2.45) is 5.11 Å². The summed E-state index contributed by atoms with van der Waals surface area (Å²) in [6.45, 7) is 2.89. The van der Waals surface area contributed by atoms with Crippen molar-refractivity contribution in [1.29, 1.82) is 0 Å². The molecule has 0 aliphatic carbocycles. The fraction of sp³-hybridized carbons (Fsp3) is 0.136. The van der Waals surface area contributed by atoms with Crippen molar-refractivity contribution in [1.82, 2.24) is 29.1 Å². The Balaban J connectivity index is 1.52. The summed E-state index contributed by atoms with van der Waals surface area (Å²) in [6, 6.07) is 15.2. The second kappa shape index (κ2) is 7.93. The molecule has 0 bridgehead atoms. The Morgan fingerprint density at radius 2 is 1.69 bits per heavy atom. The number of fused-ring (bicyclic) bond motifs is 3. The fourth-order valence-electron chi connectivity index (χ4n) is 3.58. The highest BCUT2D eigenvalue weighted by Gasteiger charge is 2.21. The molecule has 0 unspecified atom stereocenters. The molecule has 32 heavy (non-hydrogen) atoms. The van der Waals surface area contributed by atoms with Crippen molar-refractivity contribution in [2.45, 2.75) is 20.0 Å². The lowest BCUT2D eigenvalue weighted by molar-refractivity contribution is 0.758. The van der Waals surface area contributed by atoms with Crippen LogP contribution in [0.25, 0.3) is 33.1 Å². The summed E-state index contributed by atoms with van der Waals surface area (Å²) in [7, 11) is 0. The number of imidazole rings is 2. The molecule has 0 fully saturated rings. The molecular formula is C22H17N9O. The van der Waals surface area contributed by atoms with Crippen LogP contribution < -0.4 is 5.69 Å². The molecule has 10 heteroatoms. The second-order valence-corrected chi connectivity index (χ2v) is 7.41. The van der Waals surface area contributed by atoms with Gasteiger partial charge in [0.2, 0.25) is 0 Å². The van der Waals surface area contributed by atoms with Gasteiger partial charge in [-0.1, -0.05) is 59.2 Å². The van der Waals surface area contributed by atoms with Crippen LogP contribution in [0.15, 0.2) is 71.1 Å². The van der Waals surface area contributed by atoms with Gasteiger partial charge in [-0.25, -0.2) is 19.7 Å². The molecule has 10 nitrogen and oxygen atoms in total. The van der Waals surface area contributed by atoms with Crippen molar-refractivity contribution < 1.29 is 0 Å². The minimum atomic E-state index is -0.372. The Morgan fingerprint density at radius 3 is 2.44 bits per heavy atom. The van der Waals surface area contributed by atoms with Crippen molar-refractivity contribution >= 4 is 16.9 Å². The zero-order valence-corrected chi connectivity index (χ0v) is 17.1. The zero-order valence-electron chi connectivity index (χ0n) is 17.1. The van der Waals surface area contributed by atoms with Gasteiger partial charge in [-0.2, -0.15) is 4.98 Å². The smallest absolute Gasteiger partial charge is 0.311 e. The Kier molecular flexibility index (Phi) is 4.81. The monoisotopic (exact) mass is 423 g/mol. The van der Waals surface area contributed by atoms with E-state index >= 15 is 0 Å². The molecule has 3 heterocycles.